The molecular formula is C17H27BrN2O2S. The van der Waals surface area contributed by atoms with Crippen molar-refractivity contribution < 1.29 is 9.53 Å². The average molecular weight is 403 g/mol. The maximum atomic E-state index is 12.3. The van der Waals surface area contributed by atoms with E-state index in [2.05, 4.69) is 46.5 Å². The van der Waals surface area contributed by atoms with Crippen molar-refractivity contribution >= 4 is 33.4 Å². The number of carbonyl (C=O) groups is 1. The van der Waals surface area contributed by atoms with E-state index in [4.69, 9.17) is 4.74 Å². The van der Waals surface area contributed by atoms with E-state index in [0.29, 0.717) is 12.1 Å². The van der Waals surface area contributed by atoms with Gasteiger partial charge in [-0.15, -0.1) is 11.3 Å². The molecule has 23 heavy (non-hydrogen) atoms. The summed E-state index contributed by atoms with van der Waals surface area (Å²) in [6.45, 7) is 10.8. The molecule has 1 aliphatic rings. The number of nitrogens with zero attached hydrogens (tertiary/aromatic N) is 1. The fraction of sp³-hybridized carbons (Fsp3) is 0.706. The van der Waals surface area contributed by atoms with E-state index in [0.717, 1.165) is 19.4 Å². The number of thiophene rings is 1. The standard InChI is InChI=1S/C17H27BrN2O2S/c1-11-10-13(19-12(2)15-14(18)7-9-23-15)6-8-20(11)16(21)22-17(3,4)5/h7,9,11-13,19H,6,8,10H2,1-5H3. The number of likely N-dealkylation sites (tertiary alicyclic amines) is 1. The van der Waals surface area contributed by atoms with Crippen molar-refractivity contribution in [2.75, 3.05) is 6.54 Å². The van der Waals surface area contributed by atoms with Gasteiger partial charge in [-0.2, -0.15) is 0 Å². The third-order valence-corrected chi connectivity index (χ3v) is 6.08. The van der Waals surface area contributed by atoms with Crippen molar-refractivity contribution in [3.8, 4) is 0 Å². The number of nitrogens with one attached hydrogen (secondary N) is 1. The van der Waals surface area contributed by atoms with Crippen LogP contribution in [0.25, 0.3) is 0 Å². The van der Waals surface area contributed by atoms with Gasteiger partial charge in [-0.05, 0) is 74.8 Å². The van der Waals surface area contributed by atoms with Gasteiger partial charge in [0.15, 0.2) is 0 Å². The van der Waals surface area contributed by atoms with Crippen molar-refractivity contribution in [3.05, 3.63) is 20.8 Å². The Kier molecular flexibility index (Phi) is 6.14. The van der Waals surface area contributed by atoms with Gasteiger partial charge in [-0.1, -0.05) is 0 Å². The molecule has 1 amide bonds. The second-order valence-corrected chi connectivity index (χ2v) is 9.07. The summed E-state index contributed by atoms with van der Waals surface area (Å²) >= 11 is 5.37. The quantitative estimate of drug-likeness (QED) is 0.777. The fourth-order valence-electron chi connectivity index (χ4n) is 2.96. The monoisotopic (exact) mass is 402 g/mol. The molecule has 0 spiro atoms. The minimum Gasteiger partial charge on any atom is -0.444 e. The van der Waals surface area contributed by atoms with Crippen LogP contribution in [0.5, 0.6) is 0 Å². The molecule has 0 bridgehead atoms. The maximum Gasteiger partial charge on any atom is 0.410 e. The summed E-state index contributed by atoms with van der Waals surface area (Å²) in [7, 11) is 0. The SMILES string of the molecule is CC(NC1CCN(C(=O)OC(C)(C)C)C(C)C1)c1sccc1Br. The molecule has 1 saturated heterocycles. The highest BCUT2D eigenvalue weighted by atomic mass is 79.9. The predicted molar refractivity (Wildman–Crippen MR) is 99.0 cm³/mol. The number of amides is 1. The second-order valence-electron chi connectivity index (χ2n) is 7.27. The summed E-state index contributed by atoms with van der Waals surface area (Å²) in [5.41, 5.74) is -0.439. The van der Waals surface area contributed by atoms with Crippen LogP contribution in [0.2, 0.25) is 0 Å². The first-order chi connectivity index (χ1) is 10.7. The lowest BCUT2D eigenvalue weighted by molar-refractivity contribution is 0.00907. The highest BCUT2D eigenvalue weighted by molar-refractivity contribution is 9.10. The molecule has 130 valence electrons. The second kappa shape index (κ2) is 7.53. The summed E-state index contributed by atoms with van der Waals surface area (Å²) in [5, 5.41) is 5.80. The Morgan fingerprint density at radius 1 is 1.52 bits per heavy atom. The van der Waals surface area contributed by atoms with Crippen molar-refractivity contribution in [2.45, 2.75) is 71.2 Å². The Bertz CT molecular complexity index is 541. The van der Waals surface area contributed by atoms with E-state index in [1.165, 1.54) is 9.35 Å². The highest BCUT2D eigenvalue weighted by Crippen LogP contribution is 2.30. The molecule has 0 aromatic carbocycles. The first-order valence-electron chi connectivity index (χ1n) is 8.16. The number of piperidine rings is 1. The molecule has 3 atom stereocenters. The minimum absolute atomic E-state index is 0.190. The zero-order valence-corrected chi connectivity index (χ0v) is 17.0. The molecule has 1 aromatic heterocycles. The Morgan fingerprint density at radius 3 is 2.74 bits per heavy atom. The van der Waals surface area contributed by atoms with E-state index in [9.17, 15) is 4.79 Å². The Labute approximate surface area is 151 Å². The van der Waals surface area contributed by atoms with Crippen LogP contribution in [-0.4, -0.2) is 35.2 Å². The molecule has 1 aliphatic heterocycles. The molecule has 1 aromatic rings. The highest BCUT2D eigenvalue weighted by Gasteiger charge is 2.32. The van der Waals surface area contributed by atoms with Gasteiger partial charge in [-0.3, -0.25) is 0 Å². The van der Waals surface area contributed by atoms with Crippen LogP contribution in [0.15, 0.2) is 15.9 Å². The van der Waals surface area contributed by atoms with Crippen LogP contribution in [0.3, 0.4) is 0 Å². The van der Waals surface area contributed by atoms with Gasteiger partial charge in [0.2, 0.25) is 0 Å². The minimum atomic E-state index is -0.439. The number of halogens is 1. The average Bonchev–Trinajstić information content (AvgIpc) is 2.83. The summed E-state index contributed by atoms with van der Waals surface area (Å²) in [6, 6.07) is 3.02. The first kappa shape index (κ1) is 18.7. The predicted octanol–water partition coefficient (Wildman–Crippen LogP) is 4.95. The third kappa shape index (κ3) is 5.19. The summed E-state index contributed by atoms with van der Waals surface area (Å²) in [5.74, 6) is 0. The van der Waals surface area contributed by atoms with Gasteiger partial charge >= 0.3 is 6.09 Å². The molecule has 0 saturated carbocycles. The summed E-state index contributed by atoms with van der Waals surface area (Å²) in [4.78, 5) is 15.4. The lowest BCUT2D eigenvalue weighted by atomic mass is 9.98. The van der Waals surface area contributed by atoms with Crippen molar-refractivity contribution in [1.82, 2.24) is 10.2 Å². The molecule has 2 rings (SSSR count). The van der Waals surface area contributed by atoms with Gasteiger partial charge in [0.1, 0.15) is 5.60 Å². The number of rotatable bonds is 3. The summed E-state index contributed by atoms with van der Waals surface area (Å²) in [6.07, 6.45) is 1.71. The molecular weight excluding hydrogens is 376 g/mol. The van der Waals surface area contributed by atoms with E-state index in [1.54, 1.807) is 11.3 Å². The molecule has 0 aliphatic carbocycles. The molecule has 1 fully saturated rings. The van der Waals surface area contributed by atoms with E-state index >= 15 is 0 Å². The zero-order chi connectivity index (χ0) is 17.2. The Hall–Kier alpha value is -0.590. The smallest absolute Gasteiger partial charge is 0.410 e. The fourth-order valence-corrected chi connectivity index (χ4v) is 4.69. The molecule has 3 unspecified atom stereocenters. The number of carbonyl (C=O) groups excluding carboxylic acids is 1. The van der Waals surface area contributed by atoms with Gasteiger partial charge in [0, 0.05) is 34.0 Å². The van der Waals surface area contributed by atoms with Crippen LogP contribution in [0, 0.1) is 0 Å². The van der Waals surface area contributed by atoms with Crippen LogP contribution < -0.4 is 5.32 Å². The lowest BCUT2D eigenvalue weighted by Gasteiger charge is -2.39. The van der Waals surface area contributed by atoms with Crippen LogP contribution in [-0.2, 0) is 4.74 Å². The van der Waals surface area contributed by atoms with E-state index in [1.807, 2.05) is 25.7 Å². The normalized spacial score (nSPS) is 23.7. The third-order valence-electron chi connectivity index (χ3n) is 4.03. The van der Waals surface area contributed by atoms with Gasteiger partial charge in [0.25, 0.3) is 0 Å². The van der Waals surface area contributed by atoms with Crippen LogP contribution in [0.4, 0.5) is 4.79 Å². The molecule has 0 radical (unpaired) electrons. The van der Waals surface area contributed by atoms with Gasteiger partial charge < -0.3 is 15.0 Å². The lowest BCUT2D eigenvalue weighted by Crippen LogP contribution is -2.51. The van der Waals surface area contributed by atoms with Crippen molar-refractivity contribution in [3.63, 3.8) is 0 Å². The summed E-state index contributed by atoms with van der Waals surface area (Å²) < 4.78 is 6.67. The van der Waals surface area contributed by atoms with Crippen molar-refractivity contribution in [1.29, 1.82) is 0 Å². The van der Waals surface area contributed by atoms with Gasteiger partial charge in [-0.25, -0.2) is 4.79 Å². The first-order valence-corrected chi connectivity index (χ1v) is 9.83. The maximum absolute atomic E-state index is 12.3. The molecule has 2 heterocycles. The van der Waals surface area contributed by atoms with Gasteiger partial charge in [0.05, 0.1) is 0 Å². The molecule has 4 nitrogen and oxygen atoms in total. The Balaban J connectivity index is 1.89. The van der Waals surface area contributed by atoms with E-state index in [-0.39, 0.29) is 12.1 Å². The topological polar surface area (TPSA) is 41.6 Å². The number of hydrogen-bond acceptors (Lipinski definition) is 4. The number of ether oxygens (including phenoxy) is 1. The van der Waals surface area contributed by atoms with Crippen molar-refractivity contribution in [2.24, 2.45) is 0 Å². The van der Waals surface area contributed by atoms with Crippen LogP contribution in [0.1, 0.15) is 58.4 Å². The number of hydrogen-bond donors (Lipinski definition) is 1. The molecule has 1 N–H and O–H groups in total. The van der Waals surface area contributed by atoms with E-state index < -0.39 is 5.60 Å². The van der Waals surface area contributed by atoms with Crippen LogP contribution >= 0.6 is 27.3 Å². The zero-order valence-electron chi connectivity index (χ0n) is 14.6. The largest absolute Gasteiger partial charge is 0.444 e. The Morgan fingerprint density at radius 2 is 2.22 bits per heavy atom. The molecule has 6 heteroatoms.